The van der Waals surface area contributed by atoms with Crippen molar-refractivity contribution in [3.05, 3.63) is 0 Å². The topological polar surface area (TPSA) is 69.4 Å². The molecule has 1 rings (SSSR count). The summed E-state index contributed by atoms with van der Waals surface area (Å²) in [6.45, 7) is 0. The maximum absolute atomic E-state index is 10.2. The largest absolute Gasteiger partial charge is 0.392 e. The van der Waals surface area contributed by atoms with Crippen molar-refractivity contribution < 1.29 is 31.4 Å². The molecule has 0 aliphatic carbocycles. The summed E-state index contributed by atoms with van der Waals surface area (Å²) in [7, 11) is 0. The van der Waals surface area contributed by atoms with Crippen molar-refractivity contribution in [2.24, 2.45) is 5.73 Å². The standard InChI is InChI=1S/C4H5NO3.Cu/c5-2-1-3(6)8-4(2)7;/h2H,1,5H2;/t2-;/m0./s1. The number of hydrogen-bond donors (Lipinski definition) is 1. The van der Waals surface area contributed by atoms with Gasteiger partial charge in [-0.2, -0.15) is 0 Å². The summed E-state index contributed by atoms with van der Waals surface area (Å²) in [4.78, 5) is 20.4. The first-order chi connectivity index (χ1) is 3.70. The molecule has 1 fully saturated rings. The Hall–Kier alpha value is -0.381. The quantitative estimate of drug-likeness (QED) is 0.287. The number of hydrogen-bond acceptors (Lipinski definition) is 4. The van der Waals surface area contributed by atoms with Gasteiger partial charge in [0.15, 0.2) is 0 Å². The third kappa shape index (κ3) is 1.78. The predicted octanol–water partition coefficient (Wildman–Crippen LogP) is -1.22. The van der Waals surface area contributed by atoms with Gasteiger partial charge in [-0.1, -0.05) is 0 Å². The van der Waals surface area contributed by atoms with Crippen molar-refractivity contribution in [3.8, 4) is 0 Å². The second-order valence-electron chi connectivity index (χ2n) is 1.60. The zero-order chi connectivity index (χ0) is 6.15. The molecular weight excluding hydrogens is 174 g/mol. The maximum Gasteiger partial charge on any atom is 0.331 e. The Balaban J connectivity index is 0.000000640. The molecule has 1 radical (unpaired) electrons. The van der Waals surface area contributed by atoms with Crippen LogP contribution in [0.5, 0.6) is 0 Å². The van der Waals surface area contributed by atoms with E-state index in [1.165, 1.54) is 0 Å². The van der Waals surface area contributed by atoms with Gasteiger partial charge in [-0.25, -0.2) is 4.79 Å². The smallest absolute Gasteiger partial charge is 0.331 e. The molecule has 5 heteroatoms. The predicted molar refractivity (Wildman–Crippen MR) is 23.7 cm³/mol. The fraction of sp³-hybridized carbons (Fsp3) is 0.500. The van der Waals surface area contributed by atoms with Gasteiger partial charge in [0.2, 0.25) is 0 Å². The van der Waals surface area contributed by atoms with Crippen LogP contribution in [0, 0.1) is 0 Å². The van der Waals surface area contributed by atoms with Crippen molar-refractivity contribution in [2.75, 3.05) is 0 Å². The molecule has 0 aromatic heterocycles. The molecule has 0 unspecified atom stereocenters. The average molecular weight is 179 g/mol. The number of cyclic esters (lactones) is 2. The van der Waals surface area contributed by atoms with E-state index in [-0.39, 0.29) is 23.5 Å². The van der Waals surface area contributed by atoms with Crippen LogP contribution in [0.25, 0.3) is 0 Å². The van der Waals surface area contributed by atoms with Gasteiger partial charge in [0.1, 0.15) is 6.04 Å². The molecule has 1 aliphatic heterocycles. The van der Waals surface area contributed by atoms with Gasteiger partial charge < -0.3 is 10.5 Å². The summed E-state index contributed by atoms with van der Waals surface area (Å²) in [6, 6.07) is -0.720. The zero-order valence-corrected chi connectivity index (χ0v) is 5.33. The molecule has 0 aromatic carbocycles. The molecular formula is C4H5CuNO3. The SMILES string of the molecule is N[C@H]1CC(=O)OC1=O.[Cu]. The van der Waals surface area contributed by atoms with Crippen LogP contribution in [0.2, 0.25) is 0 Å². The Morgan fingerprint density at radius 2 is 2.11 bits per heavy atom. The van der Waals surface area contributed by atoms with Crippen LogP contribution >= 0.6 is 0 Å². The first-order valence-corrected chi connectivity index (χ1v) is 2.20. The average Bonchev–Trinajstić information content (AvgIpc) is 1.85. The Kier molecular flexibility index (Phi) is 2.84. The van der Waals surface area contributed by atoms with Gasteiger partial charge >= 0.3 is 11.9 Å². The normalized spacial score (nSPS) is 25.2. The van der Waals surface area contributed by atoms with Crippen molar-refractivity contribution in [2.45, 2.75) is 12.5 Å². The molecule has 1 heterocycles. The minimum atomic E-state index is -0.720. The number of carbonyl (C=O) groups excluding carboxylic acids is 2. The summed E-state index contributed by atoms with van der Waals surface area (Å²) in [6.07, 6.45) is 0.0266. The number of ether oxygens (including phenoxy) is 1. The third-order valence-corrected chi connectivity index (χ3v) is 0.904. The van der Waals surface area contributed by atoms with Crippen LogP contribution in [-0.4, -0.2) is 18.0 Å². The molecule has 2 N–H and O–H groups in total. The molecule has 0 saturated carbocycles. The molecule has 1 saturated heterocycles. The Labute approximate surface area is 62.2 Å². The summed E-state index contributed by atoms with van der Waals surface area (Å²) < 4.78 is 4.07. The van der Waals surface area contributed by atoms with E-state index < -0.39 is 18.0 Å². The van der Waals surface area contributed by atoms with E-state index in [1.54, 1.807) is 0 Å². The number of rotatable bonds is 0. The van der Waals surface area contributed by atoms with Crippen LogP contribution in [0.1, 0.15) is 6.42 Å². The van der Waals surface area contributed by atoms with Crippen LogP contribution in [-0.2, 0) is 31.4 Å². The van der Waals surface area contributed by atoms with E-state index in [2.05, 4.69) is 4.74 Å². The second-order valence-corrected chi connectivity index (χ2v) is 1.60. The van der Waals surface area contributed by atoms with Crippen molar-refractivity contribution in [1.29, 1.82) is 0 Å². The van der Waals surface area contributed by atoms with E-state index in [1.807, 2.05) is 0 Å². The summed E-state index contributed by atoms with van der Waals surface area (Å²) in [5.74, 6) is -1.14. The minimum absolute atomic E-state index is 0. The van der Waals surface area contributed by atoms with Crippen molar-refractivity contribution in [1.82, 2.24) is 0 Å². The minimum Gasteiger partial charge on any atom is -0.392 e. The third-order valence-electron chi connectivity index (χ3n) is 0.904. The van der Waals surface area contributed by atoms with Crippen LogP contribution in [0.3, 0.4) is 0 Å². The van der Waals surface area contributed by atoms with Gasteiger partial charge in [0.05, 0.1) is 6.42 Å². The van der Waals surface area contributed by atoms with E-state index >= 15 is 0 Å². The van der Waals surface area contributed by atoms with E-state index in [9.17, 15) is 9.59 Å². The first-order valence-electron chi connectivity index (χ1n) is 2.20. The van der Waals surface area contributed by atoms with Gasteiger partial charge in [0, 0.05) is 17.1 Å². The number of carbonyl (C=O) groups is 2. The molecule has 0 aromatic rings. The van der Waals surface area contributed by atoms with Crippen molar-refractivity contribution in [3.63, 3.8) is 0 Å². The fourth-order valence-electron chi connectivity index (χ4n) is 0.492. The summed E-state index contributed by atoms with van der Waals surface area (Å²) in [5.41, 5.74) is 5.07. The van der Waals surface area contributed by atoms with Gasteiger partial charge in [-0.15, -0.1) is 0 Å². The first kappa shape index (κ1) is 8.62. The van der Waals surface area contributed by atoms with E-state index in [0.29, 0.717) is 0 Å². The number of esters is 2. The van der Waals surface area contributed by atoms with E-state index in [0.717, 1.165) is 0 Å². The molecule has 0 bridgehead atoms. The van der Waals surface area contributed by atoms with Gasteiger partial charge in [-0.3, -0.25) is 4.79 Å². The molecule has 1 atom stereocenters. The summed E-state index contributed by atoms with van der Waals surface area (Å²) in [5, 5.41) is 0. The summed E-state index contributed by atoms with van der Waals surface area (Å²) >= 11 is 0. The monoisotopic (exact) mass is 178 g/mol. The van der Waals surface area contributed by atoms with Gasteiger partial charge in [0.25, 0.3) is 0 Å². The molecule has 4 nitrogen and oxygen atoms in total. The molecule has 1 aliphatic rings. The van der Waals surface area contributed by atoms with Gasteiger partial charge in [-0.05, 0) is 0 Å². The number of nitrogens with two attached hydrogens (primary N) is 1. The Morgan fingerprint density at radius 3 is 2.22 bits per heavy atom. The Bertz CT molecular complexity index is 147. The van der Waals surface area contributed by atoms with Crippen molar-refractivity contribution >= 4 is 11.9 Å². The Morgan fingerprint density at radius 1 is 1.56 bits per heavy atom. The fourth-order valence-corrected chi connectivity index (χ4v) is 0.492. The molecule has 55 valence electrons. The maximum atomic E-state index is 10.2. The van der Waals surface area contributed by atoms with Crippen LogP contribution in [0.4, 0.5) is 0 Å². The van der Waals surface area contributed by atoms with Crippen LogP contribution < -0.4 is 5.73 Å². The molecule has 0 amide bonds. The van der Waals surface area contributed by atoms with E-state index in [4.69, 9.17) is 5.73 Å². The van der Waals surface area contributed by atoms with Crippen LogP contribution in [0.15, 0.2) is 0 Å². The zero-order valence-electron chi connectivity index (χ0n) is 4.39. The molecule has 9 heavy (non-hydrogen) atoms. The molecule has 0 spiro atoms. The second kappa shape index (κ2) is 2.96.